The number of thiophene rings is 1. The molecule has 3 atom stereocenters. The number of carboxylic acid groups (broad SMARTS) is 1. The molecule has 1 aromatic heterocycles. The number of fused-ring (bicyclic) bond motifs is 1. The summed E-state index contributed by atoms with van der Waals surface area (Å²) in [5, 5.41) is 14.8. The number of benzene rings is 2. The van der Waals surface area contributed by atoms with Gasteiger partial charge in [0.05, 0.1) is 53.5 Å². The van der Waals surface area contributed by atoms with Gasteiger partial charge < -0.3 is 24.8 Å². The molecule has 1 unspecified atom stereocenters. The lowest BCUT2D eigenvalue weighted by Crippen LogP contribution is -2.46. The molecule has 3 aromatic rings. The zero-order chi connectivity index (χ0) is 33.1. The van der Waals surface area contributed by atoms with Crippen molar-refractivity contribution in [2.75, 3.05) is 38.7 Å². The molecular weight excluding hydrogens is 645 g/mol. The van der Waals surface area contributed by atoms with Crippen LogP contribution >= 0.6 is 22.9 Å². The van der Waals surface area contributed by atoms with E-state index in [4.69, 9.17) is 21.1 Å². The highest BCUT2D eigenvalue weighted by molar-refractivity contribution is 7.17. The van der Waals surface area contributed by atoms with Gasteiger partial charge in [0, 0.05) is 41.7 Å². The molecule has 47 heavy (non-hydrogen) atoms. The summed E-state index contributed by atoms with van der Waals surface area (Å²) in [4.78, 5) is 42.5. The van der Waals surface area contributed by atoms with Crippen LogP contribution in [0.1, 0.15) is 60.9 Å². The number of hydrogen-bond donors (Lipinski definition) is 2. The predicted molar refractivity (Wildman–Crippen MR) is 180 cm³/mol. The standard InChI is InChI=1S/C35H41ClFN3O6S/c1-45-26-5-4-12-39(18-26)23-15-24(19-46-25-10-8-21(9-11-25)35(43)44)40(17-23)33(41)14-22-13-29(36)31(16-30(22)37)38-34(42)28-20-47-32-7-3-2-6-27(28)32/h2-3,6-7,13,16,20-21,23-26H,4-5,8-12,14-15,17-19H2,1H3,(H,38,42)(H,43,44)/t21-,23-,24-,25-,26?/m0/s1. The Bertz CT molecular complexity index is 1610. The van der Waals surface area contributed by atoms with Gasteiger partial charge in [-0.2, -0.15) is 0 Å². The average molecular weight is 686 g/mol. The first-order valence-electron chi connectivity index (χ1n) is 16.4. The monoisotopic (exact) mass is 685 g/mol. The molecule has 2 aliphatic heterocycles. The quantitative estimate of drug-likeness (QED) is 0.261. The number of carbonyl (C=O) groups excluding carboxylic acids is 2. The Labute approximate surface area is 283 Å². The van der Waals surface area contributed by atoms with Gasteiger partial charge >= 0.3 is 5.97 Å². The first-order valence-corrected chi connectivity index (χ1v) is 17.6. The second kappa shape index (κ2) is 15.0. The topological polar surface area (TPSA) is 108 Å². The first kappa shape index (κ1) is 33.8. The number of ether oxygens (including phenoxy) is 2. The zero-order valence-corrected chi connectivity index (χ0v) is 28.0. The van der Waals surface area contributed by atoms with Crippen LogP contribution in [0.2, 0.25) is 5.02 Å². The van der Waals surface area contributed by atoms with Crippen molar-refractivity contribution in [2.24, 2.45) is 5.92 Å². The van der Waals surface area contributed by atoms with Gasteiger partial charge in [-0.05, 0) is 75.3 Å². The fraction of sp³-hybridized carbons (Fsp3) is 0.514. The van der Waals surface area contributed by atoms with E-state index >= 15 is 4.39 Å². The van der Waals surface area contributed by atoms with Crippen LogP contribution in [0.25, 0.3) is 10.1 Å². The number of hydrogen-bond acceptors (Lipinski definition) is 7. The van der Waals surface area contributed by atoms with Crippen molar-refractivity contribution in [3.8, 4) is 0 Å². The van der Waals surface area contributed by atoms with Crippen molar-refractivity contribution < 1.29 is 33.4 Å². The molecule has 0 bridgehead atoms. The lowest BCUT2D eigenvalue weighted by atomic mass is 9.87. The molecule has 1 aliphatic carbocycles. The van der Waals surface area contributed by atoms with Crippen molar-refractivity contribution in [3.05, 3.63) is 63.7 Å². The maximum Gasteiger partial charge on any atom is 0.306 e. The Hall–Kier alpha value is -3.09. The van der Waals surface area contributed by atoms with Gasteiger partial charge in [0.15, 0.2) is 0 Å². The third-order valence-electron chi connectivity index (χ3n) is 9.97. The molecule has 12 heteroatoms. The highest BCUT2D eigenvalue weighted by Crippen LogP contribution is 2.32. The molecule has 2 aromatic carbocycles. The summed E-state index contributed by atoms with van der Waals surface area (Å²) in [5.41, 5.74) is 0.786. The van der Waals surface area contributed by atoms with Crippen LogP contribution in [0.15, 0.2) is 41.8 Å². The fourth-order valence-corrected chi connectivity index (χ4v) is 8.44. The number of halogens is 2. The Morgan fingerprint density at radius 2 is 1.87 bits per heavy atom. The van der Waals surface area contributed by atoms with E-state index in [1.165, 1.54) is 23.5 Å². The second-order valence-electron chi connectivity index (χ2n) is 12.9. The Kier molecular flexibility index (Phi) is 10.8. The predicted octanol–water partition coefficient (Wildman–Crippen LogP) is 6.23. The second-order valence-corrected chi connectivity index (χ2v) is 14.2. The third kappa shape index (κ3) is 7.81. The number of amides is 2. The van der Waals surface area contributed by atoms with E-state index in [0.29, 0.717) is 44.4 Å². The van der Waals surface area contributed by atoms with E-state index < -0.39 is 11.8 Å². The van der Waals surface area contributed by atoms with Gasteiger partial charge in [-0.1, -0.05) is 29.8 Å². The number of nitrogens with zero attached hydrogens (tertiary/aromatic N) is 2. The summed E-state index contributed by atoms with van der Waals surface area (Å²) in [5.74, 6) is -2.30. The smallest absolute Gasteiger partial charge is 0.306 e. The van der Waals surface area contributed by atoms with Crippen molar-refractivity contribution >= 4 is 56.5 Å². The van der Waals surface area contributed by atoms with Gasteiger partial charge in [-0.15, -0.1) is 11.3 Å². The van der Waals surface area contributed by atoms with Gasteiger partial charge in [0.1, 0.15) is 5.82 Å². The molecular formula is C35H41ClFN3O6S. The number of aliphatic carboxylic acids is 1. The van der Waals surface area contributed by atoms with Crippen LogP contribution in [0.4, 0.5) is 10.1 Å². The summed E-state index contributed by atoms with van der Waals surface area (Å²) in [7, 11) is 1.73. The molecule has 2 amide bonds. The number of piperidine rings is 1. The summed E-state index contributed by atoms with van der Waals surface area (Å²) >= 11 is 7.99. The summed E-state index contributed by atoms with van der Waals surface area (Å²) in [6, 6.07) is 10.1. The summed E-state index contributed by atoms with van der Waals surface area (Å²) in [6.07, 6.45) is 5.23. The molecule has 9 nitrogen and oxygen atoms in total. The minimum Gasteiger partial charge on any atom is -0.481 e. The van der Waals surface area contributed by atoms with E-state index in [9.17, 15) is 19.5 Å². The molecule has 6 rings (SSSR count). The number of likely N-dealkylation sites (tertiary alicyclic amines) is 2. The molecule has 3 fully saturated rings. The maximum atomic E-state index is 15.5. The Balaban J connectivity index is 1.13. The summed E-state index contributed by atoms with van der Waals surface area (Å²) in [6.45, 7) is 2.58. The zero-order valence-electron chi connectivity index (χ0n) is 26.5. The van der Waals surface area contributed by atoms with Crippen LogP contribution in [-0.4, -0.2) is 90.3 Å². The van der Waals surface area contributed by atoms with Gasteiger partial charge in [0.25, 0.3) is 5.91 Å². The molecule has 0 spiro atoms. The molecule has 2 N–H and O–H groups in total. The van der Waals surface area contributed by atoms with Crippen molar-refractivity contribution in [1.29, 1.82) is 0 Å². The molecule has 3 aliphatic rings. The molecule has 252 valence electrons. The maximum absolute atomic E-state index is 15.5. The van der Waals surface area contributed by atoms with Crippen LogP contribution in [0.5, 0.6) is 0 Å². The van der Waals surface area contributed by atoms with Crippen molar-refractivity contribution in [1.82, 2.24) is 9.80 Å². The van der Waals surface area contributed by atoms with Gasteiger partial charge in [-0.3, -0.25) is 19.3 Å². The van der Waals surface area contributed by atoms with Crippen LogP contribution in [-0.2, 0) is 25.5 Å². The largest absolute Gasteiger partial charge is 0.481 e. The van der Waals surface area contributed by atoms with Crippen LogP contribution in [0, 0.1) is 11.7 Å². The molecule has 0 radical (unpaired) electrons. The van der Waals surface area contributed by atoms with E-state index in [1.807, 2.05) is 29.2 Å². The normalized spacial score (nSPS) is 25.3. The van der Waals surface area contributed by atoms with Crippen LogP contribution in [0.3, 0.4) is 0 Å². The van der Waals surface area contributed by atoms with Crippen LogP contribution < -0.4 is 5.32 Å². The van der Waals surface area contributed by atoms with E-state index in [0.717, 1.165) is 42.4 Å². The lowest BCUT2D eigenvalue weighted by Gasteiger charge is -2.36. The Morgan fingerprint density at radius 3 is 2.64 bits per heavy atom. The fourth-order valence-electron chi connectivity index (χ4n) is 7.26. The van der Waals surface area contributed by atoms with Crippen molar-refractivity contribution in [2.45, 2.75) is 75.7 Å². The first-order chi connectivity index (χ1) is 22.7. The van der Waals surface area contributed by atoms with Crippen molar-refractivity contribution in [3.63, 3.8) is 0 Å². The van der Waals surface area contributed by atoms with Gasteiger partial charge in [0.2, 0.25) is 5.91 Å². The number of methoxy groups -OCH3 is 1. The SMILES string of the molecule is COC1CCCN([C@H]2C[C@@H](CO[C@H]3CC[C@H](C(=O)O)CC3)N(C(=O)Cc3cc(Cl)c(NC(=O)c4csc5ccccc45)cc3F)C2)C1. The average Bonchev–Trinajstić information content (AvgIpc) is 3.71. The number of nitrogens with one attached hydrogen (secondary N) is 1. The lowest BCUT2D eigenvalue weighted by molar-refractivity contribution is -0.144. The van der Waals surface area contributed by atoms with E-state index in [-0.39, 0.29) is 64.7 Å². The number of carboxylic acids is 1. The summed E-state index contributed by atoms with van der Waals surface area (Å²) < 4.78 is 28.4. The number of carbonyl (C=O) groups is 3. The van der Waals surface area contributed by atoms with E-state index in [1.54, 1.807) is 12.5 Å². The molecule has 2 saturated heterocycles. The molecule has 3 heterocycles. The third-order valence-corrected chi connectivity index (χ3v) is 11.2. The molecule has 1 saturated carbocycles. The highest BCUT2D eigenvalue weighted by atomic mass is 35.5. The van der Waals surface area contributed by atoms with E-state index in [2.05, 4.69) is 10.2 Å². The minimum absolute atomic E-state index is 0.0412. The number of rotatable bonds is 10. The van der Waals surface area contributed by atoms with Gasteiger partial charge in [-0.25, -0.2) is 4.39 Å². The Morgan fingerprint density at radius 1 is 1.09 bits per heavy atom. The highest BCUT2D eigenvalue weighted by Gasteiger charge is 2.40. The number of anilines is 1. The minimum atomic E-state index is -0.756.